The fourth-order valence-corrected chi connectivity index (χ4v) is 1.37. The summed E-state index contributed by atoms with van der Waals surface area (Å²) in [5, 5.41) is 5.79. The average Bonchev–Trinajstić information content (AvgIpc) is 2.24. The zero-order chi connectivity index (χ0) is 14.7. The van der Waals surface area contributed by atoms with Gasteiger partial charge in [0.05, 0.1) is 6.17 Å². The van der Waals surface area contributed by atoms with Crippen molar-refractivity contribution in [3.05, 3.63) is 0 Å². The second kappa shape index (κ2) is 5.21. The van der Waals surface area contributed by atoms with Crippen molar-refractivity contribution in [2.24, 2.45) is 0 Å². The lowest BCUT2D eigenvalue weighted by Gasteiger charge is -2.15. The van der Waals surface area contributed by atoms with Crippen LogP contribution in [0.5, 0.6) is 0 Å². The van der Waals surface area contributed by atoms with Gasteiger partial charge < -0.3 is 33.6 Å². The van der Waals surface area contributed by atoms with E-state index in [0.717, 1.165) is 0 Å². The number of nitrogens with zero attached hydrogens (tertiary/aromatic N) is 6. The fraction of sp³-hybridized carbons (Fsp3) is 0.250. The summed E-state index contributed by atoms with van der Waals surface area (Å²) in [5.74, 6) is 0.485. The molecule has 0 fully saturated rings. The molecule has 2 heterocycles. The highest BCUT2D eigenvalue weighted by molar-refractivity contribution is 5.42. The molecule has 0 amide bonds. The first-order valence-electron chi connectivity index (χ1n) is 5.49. The maximum atomic E-state index is 5.46. The Bertz CT molecular complexity index is 518. The molecule has 0 atom stereocenters. The molecule has 0 saturated carbocycles. The number of hydrogen-bond acceptors (Lipinski definition) is 12. The van der Waals surface area contributed by atoms with Gasteiger partial charge in [-0.3, -0.25) is 0 Å². The second-order valence-corrected chi connectivity index (χ2v) is 3.76. The summed E-state index contributed by atoms with van der Waals surface area (Å²) in [5.41, 5.74) is 21.8. The lowest BCUT2D eigenvalue weighted by Crippen LogP contribution is -2.28. The zero-order valence-electron chi connectivity index (χ0n) is 10.6. The van der Waals surface area contributed by atoms with Crippen LogP contribution in [0.15, 0.2) is 0 Å². The highest BCUT2D eigenvalue weighted by atomic mass is 15.3. The van der Waals surface area contributed by atoms with Gasteiger partial charge in [-0.05, 0) is 6.92 Å². The molecule has 12 nitrogen and oxygen atoms in total. The fourth-order valence-electron chi connectivity index (χ4n) is 1.37. The van der Waals surface area contributed by atoms with E-state index < -0.39 is 0 Å². The predicted molar refractivity (Wildman–Crippen MR) is 74.0 cm³/mol. The number of rotatable bonds is 4. The van der Waals surface area contributed by atoms with Crippen molar-refractivity contribution < 1.29 is 0 Å². The van der Waals surface area contributed by atoms with Gasteiger partial charge in [-0.1, -0.05) is 0 Å². The molecule has 12 heteroatoms. The third-order valence-corrected chi connectivity index (χ3v) is 2.03. The molecule has 0 aliphatic carbocycles. The third kappa shape index (κ3) is 3.41. The van der Waals surface area contributed by atoms with Gasteiger partial charge in [0.15, 0.2) is 0 Å². The largest absolute Gasteiger partial charge is 0.368 e. The first-order chi connectivity index (χ1) is 9.42. The molecule has 0 saturated heterocycles. The van der Waals surface area contributed by atoms with E-state index in [9.17, 15) is 0 Å². The quantitative estimate of drug-likeness (QED) is 0.344. The normalized spacial score (nSPS) is 10.5. The van der Waals surface area contributed by atoms with Crippen molar-refractivity contribution >= 4 is 35.7 Å². The molecule has 0 spiro atoms. The van der Waals surface area contributed by atoms with Crippen molar-refractivity contribution in [2.75, 3.05) is 33.6 Å². The van der Waals surface area contributed by atoms with Gasteiger partial charge >= 0.3 is 0 Å². The number of nitrogens with two attached hydrogens (primary N) is 4. The van der Waals surface area contributed by atoms with E-state index in [-0.39, 0.29) is 41.9 Å². The minimum absolute atomic E-state index is 0.0147. The van der Waals surface area contributed by atoms with Crippen molar-refractivity contribution in [1.82, 2.24) is 29.9 Å². The van der Waals surface area contributed by atoms with Gasteiger partial charge in [-0.15, -0.1) is 0 Å². The van der Waals surface area contributed by atoms with Crippen LogP contribution in [0.25, 0.3) is 0 Å². The van der Waals surface area contributed by atoms with E-state index in [1.54, 1.807) is 6.92 Å². The number of nitrogens with one attached hydrogen (secondary N) is 2. The van der Waals surface area contributed by atoms with Crippen LogP contribution >= 0.6 is 0 Å². The van der Waals surface area contributed by atoms with Gasteiger partial charge in [0.25, 0.3) is 0 Å². The summed E-state index contributed by atoms with van der Waals surface area (Å²) in [6.45, 7) is 1.77. The Balaban J connectivity index is 2.06. The minimum atomic E-state index is -0.350. The van der Waals surface area contributed by atoms with Crippen LogP contribution in [-0.4, -0.2) is 36.1 Å². The Morgan fingerprint density at radius 1 is 0.650 bits per heavy atom. The monoisotopic (exact) mass is 278 g/mol. The molecule has 2 aromatic rings. The molecule has 106 valence electrons. The maximum absolute atomic E-state index is 5.46. The summed E-state index contributed by atoms with van der Waals surface area (Å²) < 4.78 is 0. The van der Waals surface area contributed by atoms with Crippen molar-refractivity contribution in [3.8, 4) is 0 Å². The molecule has 2 rings (SSSR count). The molecule has 0 aliphatic heterocycles. The number of aromatic nitrogens is 6. The summed E-state index contributed by atoms with van der Waals surface area (Å²) >= 11 is 0. The van der Waals surface area contributed by atoms with E-state index in [1.165, 1.54) is 0 Å². The van der Waals surface area contributed by atoms with Gasteiger partial charge in [-0.2, -0.15) is 29.9 Å². The summed E-state index contributed by atoms with van der Waals surface area (Å²) in [6, 6.07) is 0. The summed E-state index contributed by atoms with van der Waals surface area (Å²) in [4.78, 5) is 22.8. The Hall–Kier alpha value is -3.18. The van der Waals surface area contributed by atoms with E-state index in [4.69, 9.17) is 22.9 Å². The molecule has 0 aliphatic rings. The van der Waals surface area contributed by atoms with Crippen LogP contribution in [0, 0.1) is 0 Å². The summed E-state index contributed by atoms with van der Waals surface area (Å²) in [7, 11) is 0. The SMILES string of the molecule is CC(Nc1nc(N)nc(N)n1)Nc1nc(N)nc(N)n1. The molecule has 10 N–H and O–H groups in total. The van der Waals surface area contributed by atoms with E-state index in [1.807, 2.05) is 0 Å². The van der Waals surface area contributed by atoms with Crippen LogP contribution in [-0.2, 0) is 0 Å². The van der Waals surface area contributed by atoms with Crippen molar-refractivity contribution in [2.45, 2.75) is 13.1 Å². The van der Waals surface area contributed by atoms with Gasteiger partial charge in [0.1, 0.15) is 0 Å². The Labute approximate surface area is 113 Å². The zero-order valence-corrected chi connectivity index (χ0v) is 10.6. The third-order valence-electron chi connectivity index (χ3n) is 2.03. The van der Waals surface area contributed by atoms with Crippen LogP contribution in [0.2, 0.25) is 0 Å². The molecule has 0 bridgehead atoms. The Kier molecular flexibility index (Phi) is 3.45. The van der Waals surface area contributed by atoms with Gasteiger partial charge in [0.2, 0.25) is 35.7 Å². The molecular weight excluding hydrogens is 264 g/mol. The van der Waals surface area contributed by atoms with Crippen LogP contribution < -0.4 is 33.6 Å². The highest BCUT2D eigenvalue weighted by Gasteiger charge is 2.09. The standard InChI is InChI=1S/C8H14N12/c1-2(13-7-17-3(9)15-4(10)18-7)14-8-19-5(11)16-6(12)20-8/h2H,1H3,(H5,9,10,13,15,17,18)(H5,11,12,14,16,19,20). The van der Waals surface area contributed by atoms with Crippen LogP contribution in [0.1, 0.15) is 6.92 Å². The lowest BCUT2D eigenvalue weighted by molar-refractivity contribution is 0.862. The van der Waals surface area contributed by atoms with Crippen molar-refractivity contribution in [3.63, 3.8) is 0 Å². The van der Waals surface area contributed by atoms with Crippen molar-refractivity contribution in [1.29, 1.82) is 0 Å². The first kappa shape index (κ1) is 13.3. The number of hydrogen-bond donors (Lipinski definition) is 6. The second-order valence-electron chi connectivity index (χ2n) is 3.76. The lowest BCUT2D eigenvalue weighted by atomic mass is 10.5. The minimum Gasteiger partial charge on any atom is -0.368 e. The molecule has 0 unspecified atom stereocenters. The molecule has 0 aromatic carbocycles. The molecule has 0 radical (unpaired) electrons. The number of nitrogen functional groups attached to an aromatic ring is 4. The van der Waals surface area contributed by atoms with E-state index >= 15 is 0 Å². The smallest absolute Gasteiger partial charge is 0.230 e. The van der Waals surface area contributed by atoms with Gasteiger partial charge in [0, 0.05) is 0 Å². The van der Waals surface area contributed by atoms with E-state index in [0.29, 0.717) is 0 Å². The number of anilines is 6. The topological polar surface area (TPSA) is 205 Å². The van der Waals surface area contributed by atoms with Crippen LogP contribution in [0.4, 0.5) is 35.7 Å². The maximum Gasteiger partial charge on any atom is 0.230 e. The average molecular weight is 278 g/mol. The van der Waals surface area contributed by atoms with Gasteiger partial charge in [-0.25, -0.2) is 0 Å². The molecule has 20 heavy (non-hydrogen) atoms. The first-order valence-corrected chi connectivity index (χ1v) is 5.49. The van der Waals surface area contributed by atoms with E-state index in [2.05, 4.69) is 40.5 Å². The predicted octanol–water partition coefficient (Wildman–Crippen LogP) is -1.74. The summed E-state index contributed by atoms with van der Waals surface area (Å²) in [6.07, 6.45) is -0.350. The Morgan fingerprint density at radius 2 is 0.950 bits per heavy atom. The Morgan fingerprint density at radius 3 is 1.25 bits per heavy atom. The van der Waals surface area contributed by atoms with Crippen LogP contribution in [0.3, 0.4) is 0 Å². The highest BCUT2D eigenvalue weighted by Crippen LogP contribution is 2.08. The molecular formula is C8H14N12. The molecule has 2 aromatic heterocycles.